The zero-order valence-electron chi connectivity index (χ0n) is 7.91. The SMILES string of the molecule is O=C(O)c1ccccc1C1CC(F)(F)C1. The van der Waals surface area contributed by atoms with Gasteiger partial charge in [0.2, 0.25) is 5.92 Å². The first-order valence-corrected chi connectivity index (χ1v) is 4.70. The van der Waals surface area contributed by atoms with E-state index in [4.69, 9.17) is 5.11 Å². The lowest BCUT2D eigenvalue weighted by Gasteiger charge is -2.35. The van der Waals surface area contributed by atoms with Crippen LogP contribution in [0.1, 0.15) is 34.7 Å². The molecular weight excluding hydrogens is 202 g/mol. The van der Waals surface area contributed by atoms with Gasteiger partial charge in [-0.05, 0) is 17.5 Å². The number of rotatable bonds is 2. The molecule has 15 heavy (non-hydrogen) atoms. The van der Waals surface area contributed by atoms with Gasteiger partial charge in [0.05, 0.1) is 5.56 Å². The minimum absolute atomic E-state index is 0.137. The molecule has 0 spiro atoms. The van der Waals surface area contributed by atoms with E-state index in [0.29, 0.717) is 5.56 Å². The van der Waals surface area contributed by atoms with Gasteiger partial charge in [0.1, 0.15) is 0 Å². The van der Waals surface area contributed by atoms with Crippen molar-refractivity contribution in [3.05, 3.63) is 35.4 Å². The summed E-state index contributed by atoms with van der Waals surface area (Å²) in [5.74, 6) is -3.98. The van der Waals surface area contributed by atoms with Gasteiger partial charge in [0, 0.05) is 12.8 Å². The predicted molar refractivity (Wildman–Crippen MR) is 50.3 cm³/mol. The standard InChI is InChI=1S/C11H10F2O2/c12-11(13)5-7(6-11)8-3-1-2-4-9(8)10(14)15/h1-4,7H,5-6H2,(H,14,15). The van der Waals surface area contributed by atoms with Crippen molar-refractivity contribution in [1.82, 2.24) is 0 Å². The summed E-state index contributed by atoms with van der Waals surface area (Å²) in [4.78, 5) is 10.8. The fraction of sp³-hybridized carbons (Fsp3) is 0.364. The van der Waals surface area contributed by atoms with E-state index < -0.39 is 11.9 Å². The number of halogens is 2. The maximum absolute atomic E-state index is 12.7. The van der Waals surface area contributed by atoms with E-state index in [-0.39, 0.29) is 24.3 Å². The molecule has 0 aromatic heterocycles. The van der Waals surface area contributed by atoms with Gasteiger partial charge in [-0.3, -0.25) is 0 Å². The van der Waals surface area contributed by atoms with Crippen molar-refractivity contribution in [2.24, 2.45) is 0 Å². The molecule has 1 aromatic rings. The predicted octanol–water partition coefficient (Wildman–Crippen LogP) is 2.90. The Bertz CT molecular complexity index is 393. The molecule has 0 atom stereocenters. The first-order valence-electron chi connectivity index (χ1n) is 4.70. The molecule has 1 N–H and O–H groups in total. The summed E-state index contributed by atoms with van der Waals surface area (Å²) < 4.78 is 25.3. The molecule has 1 saturated carbocycles. The third-order valence-electron chi connectivity index (χ3n) is 2.72. The summed E-state index contributed by atoms with van der Waals surface area (Å²) in [6, 6.07) is 6.35. The first kappa shape index (κ1) is 10.1. The fourth-order valence-electron chi connectivity index (χ4n) is 1.93. The van der Waals surface area contributed by atoms with E-state index in [0.717, 1.165) is 0 Å². The lowest BCUT2D eigenvalue weighted by Crippen LogP contribution is -2.34. The topological polar surface area (TPSA) is 37.3 Å². The molecule has 0 heterocycles. The Kier molecular flexibility index (Phi) is 2.21. The molecule has 0 bridgehead atoms. The van der Waals surface area contributed by atoms with Crippen molar-refractivity contribution in [3.8, 4) is 0 Å². The monoisotopic (exact) mass is 212 g/mol. The maximum Gasteiger partial charge on any atom is 0.335 e. The lowest BCUT2D eigenvalue weighted by molar-refractivity contribution is -0.0869. The van der Waals surface area contributed by atoms with Gasteiger partial charge in [-0.25, -0.2) is 13.6 Å². The third kappa shape index (κ3) is 1.84. The number of aromatic carboxylic acids is 1. The third-order valence-corrected chi connectivity index (χ3v) is 2.72. The van der Waals surface area contributed by atoms with Crippen molar-refractivity contribution in [3.63, 3.8) is 0 Å². The highest BCUT2D eigenvalue weighted by Crippen LogP contribution is 2.48. The van der Waals surface area contributed by atoms with Crippen molar-refractivity contribution in [2.75, 3.05) is 0 Å². The van der Waals surface area contributed by atoms with Crippen LogP contribution >= 0.6 is 0 Å². The Labute approximate surface area is 85.5 Å². The van der Waals surface area contributed by atoms with Crippen LogP contribution in [0.5, 0.6) is 0 Å². The average molecular weight is 212 g/mol. The second-order valence-electron chi connectivity index (χ2n) is 3.85. The molecule has 1 aliphatic rings. The van der Waals surface area contributed by atoms with Crippen molar-refractivity contribution < 1.29 is 18.7 Å². The molecule has 1 fully saturated rings. The van der Waals surface area contributed by atoms with E-state index in [9.17, 15) is 13.6 Å². The van der Waals surface area contributed by atoms with Gasteiger partial charge < -0.3 is 5.11 Å². The summed E-state index contributed by atoms with van der Waals surface area (Å²) in [6.45, 7) is 0. The molecule has 2 rings (SSSR count). The van der Waals surface area contributed by atoms with Gasteiger partial charge in [0.15, 0.2) is 0 Å². The van der Waals surface area contributed by atoms with Crippen molar-refractivity contribution in [1.29, 1.82) is 0 Å². The molecule has 1 aliphatic carbocycles. The van der Waals surface area contributed by atoms with E-state index in [1.54, 1.807) is 18.2 Å². The van der Waals surface area contributed by atoms with Crippen LogP contribution in [0, 0.1) is 0 Å². The molecular formula is C11H10F2O2. The molecule has 0 saturated heterocycles. The highest BCUT2D eigenvalue weighted by molar-refractivity contribution is 5.89. The summed E-state index contributed by atoms with van der Waals surface area (Å²) in [5.41, 5.74) is 0.661. The molecule has 0 aliphatic heterocycles. The van der Waals surface area contributed by atoms with Crippen LogP contribution in [0.2, 0.25) is 0 Å². The fourth-order valence-corrected chi connectivity index (χ4v) is 1.93. The van der Waals surface area contributed by atoms with Crippen molar-refractivity contribution >= 4 is 5.97 Å². The van der Waals surface area contributed by atoms with Crippen LogP contribution in [0.3, 0.4) is 0 Å². The minimum Gasteiger partial charge on any atom is -0.478 e. The Morgan fingerprint density at radius 1 is 1.33 bits per heavy atom. The first-order chi connectivity index (χ1) is 6.99. The number of hydrogen-bond donors (Lipinski definition) is 1. The zero-order chi connectivity index (χ0) is 11.1. The molecule has 0 amide bonds. The quantitative estimate of drug-likeness (QED) is 0.818. The average Bonchev–Trinajstić information content (AvgIpc) is 2.14. The van der Waals surface area contributed by atoms with Crippen molar-refractivity contribution in [2.45, 2.75) is 24.7 Å². The Morgan fingerprint density at radius 2 is 1.93 bits per heavy atom. The second kappa shape index (κ2) is 3.29. The van der Waals surface area contributed by atoms with Crippen LogP contribution in [-0.4, -0.2) is 17.0 Å². The number of carboxylic acid groups (broad SMARTS) is 1. The van der Waals surface area contributed by atoms with Gasteiger partial charge in [-0.1, -0.05) is 18.2 Å². The van der Waals surface area contributed by atoms with Crippen LogP contribution in [0.25, 0.3) is 0 Å². The smallest absolute Gasteiger partial charge is 0.335 e. The maximum atomic E-state index is 12.7. The summed E-state index contributed by atoms with van der Waals surface area (Å²) in [7, 11) is 0. The Morgan fingerprint density at radius 3 is 2.47 bits per heavy atom. The van der Waals surface area contributed by atoms with E-state index in [2.05, 4.69) is 0 Å². The van der Waals surface area contributed by atoms with Gasteiger partial charge in [0.25, 0.3) is 0 Å². The summed E-state index contributed by atoms with van der Waals surface area (Å²) in [5, 5.41) is 8.88. The lowest BCUT2D eigenvalue weighted by atomic mass is 9.75. The molecule has 0 unspecified atom stereocenters. The summed E-state index contributed by atoms with van der Waals surface area (Å²) in [6.07, 6.45) is -0.478. The number of hydrogen-bond acceptors (Lipinski definition) is 1. The number of carbonyl (C=O) groups is 1. The van der Waals surface area contributed by atoms with Crippen LogP contribution in [-0.2, 0) is 0 Å². The molecule has 4 heteroatoms. The molecule has 2 nitrogen and oxygen atoms in total. The number of alkyl halides is 2. The van der Waals surface area contributed by atoms with Crippen LogP contribution in [0.15, 0.2) is 24.3 Å². The van der Waals surface area contributed by atoms with Gasteiger partial charge in [-0.15, -0.1) is 0 Å². The second-order valence-corrected chi connectivity index (χ2v) is 3.85. The number of carboxylic acids is 1. The van der Waals surface area contributed by atoms with Crippen LogP contribution < -0.4 is 0 Å². The van der Waals surface area contributed by atoms with E-state index in [1.165, 1.54) is 6.07 Å². The van der Waals surface area contributed by atoms with Gasteiger partial charge >= 0.3 is 5.97 Å². The zero-order valence-corrected chi connectivity index (χ0v) is 7.91. The number of benzene rings is 1. The molecule has 0 radical (unpaired) electrons. The molecule has 80 valence electrons. The normalized spacial score (nSPS) is 19.6. The highest BCUT2D eigenvalue weighted by Gasteiger charge is 2.46. The highest BCUT2D eigenvalue weighted by atomic mass is 19.3. The van der Waals surface area contributed by atoms with Gasteiger partial charge in [-0.2, -0.15) is 0 Å². The van der Waals surface area contributed by atoms with E-state index in [1.807, 2.05) is 0 Å². The summed E-state index contributed by atoms with van der Waals surface area (Å²) >= 11 is 0. The van der Waals surface area contributed by atoms with Crippen LogP contribution in [0.4, 0.5) is 8.78 Å². The molecule has 1 aromatic carbocycles. The Hall–Kier alpha value is -1.45. The Balaban J connectivity index is 2.26. The van der Waals surface area contributed by atoms with E-state index >= 15 is 0 Å². The largest absolute Gasteiger partial charge is 0.478 e. The minimum atomic E-state index is -2.61.